The quantitative estimate of drug-likeness (QED) is 0.314. The van der Waals surface area contributed by atoms with Gasteiger partial charge in [-0.25, -0.2) is 0 Å². The van der Waals surface area contributed by atoms with Crippen molar-refractivity contribution in [3.8, 4) is 0 Å². The minimum atomic E-state index is -1.38. The zero-order valence-electron chi connectivity index (χ0n) is 6.61. The predicted octanol–water partition coefficient (Wildman–Crippen LogP) is -0.587. The second kappa shape index (κ2) is 4.25. The predicted molar refractivity (Wildman–Crippen MR) is 40.3 cm³/mol. The van der Waals surface area contributed by atoms with E-state index in [1.165, 1.54) is 0 Å². The van der Waals surface area contributed by atoms with Gasteiger partial charge in [0.2, 0.25) is 23.0 Å². The van der Waals surface area contributed by atoms with Gasteiger partial charge in [0.1, 0.15) is 0 Å². The second-order valence-electron chi connectivity index (χ2n) is 2.05. The Bertz CT molecular complexity index is 277. The van der Waals surface area contributed by atoms with Crippen LogP contribution in [0, 0.1) is 0 Å². The first-order chi connectivity index (χ1) is 5.46. The molecular weight excluding hydrogens is 207 g/mol. The first-order valence-corrected chi connectivity index (χ1v) is 2.80. The monoisotopic (exact) mass is 211 g/mol. The molecule has 13 heavy (non-hydrogen) atoms. The topological polar surface area (TPSA) is 115 Å². The SMILES string of the molecule is O=C1C(O)=C(O)C(=O)C(O)=C1O.[K]. The molecule has 0 aromatic carbocycles. The molecular formula is C6H4KO6. The van der Waals surface area contributed by atoms with E-state index in [1.807, 2.05) is 0 Å². The minimum Gasteiger partial charge on any atom is -0.501 e. The molecule has 0 amide bonds. The molecule has 0 spiro atoms. The number of aliphatic hydroxyl groups excluding tert-OH is 4. The van der Waals surface area contributed by atoms with Crippen LogP contribution in [0.15, 0.2) is 23.0 Å². The van der Waals surface area contributed by atoms with Crippen molar-refractivity contribution in [3.63, 3.8) is 0 Å². The van der Waals surface area contributed by atoms with Gasteiger partial charge >= 0.3 is 0 Å². The van der Waals surface area contributed by atoms with E-state index in [0.29, 0.717) is 0 Å². The Labute approximate surface area is 115 Å². The number of ketones is 2. The molecule has 7 heteroatoms. The summed E-state index contributed by atoms with van der Waals surface area (Å²) in [6.07, 6.45) is 0. The fraction of sp³-hybridized carbons (Fsp3) is 0. The van der Waals surface area contributed by atoms with Crippen molar-refractivity contribution in [2.75, 3.05) is 0 Å². The van der Waals surface area contributed by atoms with Crippen molar-refractivity contribution in [1.82, 2.24) is 0 Å². The average molecular weight is 211 g/mol. The van der Waals surface area contributed by atoms with Crippen LogP contribution in [0.3, 0.4) is 0 Å². The molecule has 65 valence electrons. The maximum atomic E-state index is 10.6. The largest absolute Gasteiger partial charge is 0.501 e. The van der Waals surface area contributed by atoms with Gasteiger partial charge in [-0.05, 0) is 0 Å². The normalized spacial score (nSPS) is 17.5. The molecule has 0 saturated heterocycles. The summed E-state index contributed by atoms with van der Waals surface area (Å²) < 4.78 is 0. The summed E-state index contributed by atoms with van der Waals surface area (Å²) in [6, 6.07) is 0. The van der Waals surface area contributed by atoms with E-state index in [2.05, 4.69) is 0 Å². The third-order valence-electron chi connectivity index (χ3n) is 1.31. The minimum absolute atomic E-state index is 0. The van der Waals surface area contributed by atoms with Crippen LogP contribution in [0.1, 0.15) is 0 Å². The van der Waals surface area contributed by atoms with Gasteiger partial charge in [-0.1, -0.05) is 0 Å². The number of hydrogen-bond donors (Lipinski definition) is 4. The molecule has 0 fully saturated rings. The van der Waals surface area contributed by atoms with E-state index in [4.69, 9.17) is 20.4 Å². The van der Waals surface area contributed by atoms with Crippen LogP contribution >= 0.6 is 0 Å². The van der Waals surface area contributed by atoms with Gasteiger partial charge in [-0.3, -0.25) is 9.59 Å². The molecule has 0 saturated carbocycles. The van der Waals surface area contributed by atoms with Gasteiger partial charge in [-0.2, -0.15) is 0 Å². The molecule has 0 unspecified atom stereocenters. The molecule has 1 rings (SSSR count). The van der Waals surface area contributed by atoms with E-state index in [0.717, 1.165) is 0 Å². The van der Waals surface area contributed by atoms with Crippen molar-refractivity contribution in [1.29, 1.82) is 0 Å². The van der Waals surface area contributed by atoms with Crippen LogP contribution in [0.4, 0.5) is 0 Å². The Morgan fingerprint density at radius 1 is 0.615 bits per heavy atom. The first kappa shape index (κ1) is 12.7. The second-order valence-corrected chi connectivity index (χ2v) is 2.05. The van der Waals surface area contributed by atoms with Gasteiger partial charge in [0, 0.05) is 51.4 Å². The Morgan fingerprint density at radius 2 is 0.769 bits per heavy atom. The Hall–Kier alpha value is -0.344. The summed E-state index contributed by atoms with van der Waals surface area (Å²) in [5, 5.41) is 34.6. The number of rotatable bonds is 0. The Morgan fingerprint density at radius 3 is 0.923 bits per heavy atom. The number of Topliss-reactive ketones (excluding diaryl/α,β-unsaturated/α-hetero) is 2. The summed E-state index contributed by atoms with van der Waals surface area (Å²) in [5.41, 5.74) is 0. The molecule has 1 radical (unpaired) electrons. The van der Waals surface area contributed by atoms with Crippen LogP contribution < -0.4 is 0 Å². The molecule has 6 nitrogen and oxygen atoms in total. The first-order valence-electron chi connectivity index (χ1n) is 2.80. The summed E-state index contributed by atoms with van der Waals surface area (Å²) in [6.45, 7) is 0. The zero-order valence-corrected chi connectivity index (χ0v) is 9.73. The summed E-state index contributed by atoms with van der Waals surface area (Å²) in [4.78, 5) is 21.2. The van der Waals surface area contributed by atoms with Crippen LogP contribution in [-0.4, -0.2) is 83.4 Å². The molecule has 1 aliphatic rings. The van der Waals surface area contributed by atoms with Crippen molar-refractivity contribution in [2.24, 2.45) is 0 Å². The summed E-state index contributed by atoms with van der Waals surface area (Å²) >= 11 is 0. The molecule has 0 atom stereocenters. The average Bonchev–Trinajstić information content (AvgIpc) is 2.08. The molecule has 0 aromatic rings. The summed E-state index contributed by atoms with van der Waals surface area (Å²) in [7, 11) is 0. The van der Waals surface area contributed by atoms with Crippen LogP contribution in [-0.2, 0) is 9.59 Å². The number of carbonyl (C=O) groups is 2. The Kier molecular flexibility index (Phi) is 4.13. The smallest absolute Gasteiger partial charge is 0.269 e. The zero-order chi connectivity index (χ0) is 9.46. The van der Waals surface area contributed by atoms with E-state index in [9.17, 15) is 9.59 Å². The van der Waals surface area contributed by atoms with Crippen LogP contribution in [0.5, 0.6) is 0 Å². The van der Waals surface area contributed by atoms with E-state index >= 15 is 0 Å². The van der Waals surface area contributed by atoms with E-state index < -0.39 is 34.6 Å². The van der Waals surface area contributed by atoms with Crippen LogP contribution in [0.2, 0.25) is 0 Å². The standard InChI is InChI=1S/C6H4O6.K/c7-1-2(8)4(10)6(12)5(11)3(1)9;/h7-8,11-12H;. The maximum Gasteiger partial charge on any atom is 0.269 e. The fourth-order valence-corrected chi connectivity index (χ4v) is 0.654. The molecule has 4 N–H and O–H groups in total. The van der Waals surface area contributed by atoms with E-state index in [1.54, 1.807) is 0 Å². The maximum absolute atomic E-state index is 10.6. The van der Waals surface area contributed by atoms with Gasteiger partial charge in [0.15, 0.2) is 0 Å². The van der Waals surface area contributed by atoms with Crippen molar-refractivity contribution >= 4 is 63.0 Å². The Balaban J connectivity index is 0.00000144. The molecule has 0 heterocycles. The van der Waals surface area contributed by atoms with Gasteiger partial charge in [0.25, 0.3) is 11.6 Å². The van der Waals surface area contributed by atoms with Gasteiger partial charge < -0.3 is 20.4 Å². The van der Waals surface area contributed by atoms with Crippen molar-refractivity contribution in [2.45, 2.75) is 0 Å². The van der Waals surface area contributed by atoms with Crippen LogP contribution in [0.25, 0.3) is 0 Å². The molecule has 1 aliphatic carbocycles. The van der Waals surface area contributed by atoms with Crippen molar-refractivity contribution in [3.05, 3.63) is 23.0 Å². The molecule has 0 aromatic heterocycles. The molecule has 0 bridgehead atoms. The summed E-state index contributed by atoms with van der Waals surface area (Å²) in [5.74, 6) is -7.84. The number of carbonyl (C=O) groups excluding carboxylic acids is 2. The van der Waals surface area contributed by atoms with Crippen molar-refractivity contribution < 1.29 is 30.0 Å². The van der Waals surface area contributed by atoms with Gasteiger partial charge in [-0.15, -0.1) is 0 Å². The third kappa shape index (κ3) is 1.94. The third-order valence-corrected chi connectivity index (χ3v) is 1.31. The fourth-order valence-electron chi connectivity index (χ4n) is 0.654. The number of aliphatic hydroxyl groups is 4. The van der Waals surface area contributed by atoms with E-state index in [-0.39, 0.29) is 51.4 Å². The molecule has 0 aliphatic heterocycles. The number of hydrogen-bond acceptors (Lipinski definition) is 6. The van der Waals surface area contributed by atoms with Gasteiger partial charge in [0.05, 0.1) is 0 Å².